The lowest BCUT2D eigenvalue weighted by Crippen LogP contribution is -2.44. The molecule has 18 heavy (non-hydrogen) atoms. The van der Waals surface area contributed by atoms with E-state index in [2.05, 4.69) is 47.0 Å². The minimum Gasteiger partial charge on any atom is -0.372 e. The number of amides is 1. The molecule has 0 aliphatic carbocycles. The summed E-state index contributed by atoms with van der Waals surface area (Å²) in [4.78, 5) is 18.5. The smallest absolute Gasteiger partial charge is 0.257 e. The van der Waals surface area contributed by atoms with Gasteiger partial charge in [-0.05, 0) is 42.3 Å². The zero-order valence-electron chi connectivity index (χ0n) is 11.5. The highest BCUT2D eigenvalue weighted by Gasteiger charge is 2.28. The minimum absolute atomic E-state index is 0.0278. The maximum atomic E-state index is 12.5. The summed E-state index contributed by atoms with van der Waals surface area (Å²) in [6.07, 6.45) is 2.57. The molecule has 0 aliphatic heterocycles. The molecular formula is C13H20BrN3O. The van der Waals surface area contributed by atoms with Crippen molar-refractivity contribution in [1.82, 2.24) is 9.88 Å². The van der Waals surface area contributed by atoms with E-state index in [0.29, 0.717) is 11.4 Å². The summed E-state index contributed by atoms with van der Waals surface area (Å²) in [6.45, 7) is 6.17. The van der Waals surface area contributed by atoms with E-state index in [1.54, 1.807) is 24.2 Å². The van der Waals surface area contributed by atoms with Crippen molar-refractivity contribution in [2.24, 2.45) is 0 Å². The number of pyridine rings is 1. The maximum absolute atomic E-state index is 12.5. The Morgan fingerprint density at radius 2 is 2.17 bits per heavy atom. The molecule has 0 unspecified atom stereocenters. The van der Waals surface area contributed by atoms with Gasteiger partial charge in [-0.15, -0.1) is 0 Å². The van der Waals surface area contributed by atoms with Crippen LogP contribution in [0.1, 0.15) is 37.6 Å². The minimum atomic E-state index is -0.176. The van der Waals surface area contributed by atoms with Crippen LogP contribution in [0.5, 0.6) is 0 Å². The van der Waals surface area contributed by atoms with Crippen LogP contribution in [0.2, 0.25) is 0 Å². The first-order valence-corrected chi connectivity index (χ1v) is 6.74. The highest BCUT2D eigenvalue weighted by Crippen LogP contribution is 2.24. The van der Waals surface area contributed by atoms with Crippen LogP contribution < -0.4 is 5.32 Å². The third-order valence-electron chi connectivity index (χ3n) is 3.40. The van der Waals surface area contributed by atoms with E-state index in [9.17, 15) is 4.79 Å². The van der Waals surface area contributed by atoms with Crippen molar-refractivity contribution in [3.05, 3.63) is 22.3 Å². The second-order valence-corrected chi connectivity index (χ2v) is 5.75. The zero-order chi connectivity index (χ0) is 13.9. The quantitative estimate of drug-likeness (QED) is 0.928. The molecule has 5 heteroatoms. The van der Waals surface area contributed by atoms with E-state index >= 15 is 0 Å². The number of nitrogens with one attached hydrogen (secondary N) is 1. The number of anilines is 1. The van der Waals surface area contributed by atoms with Crippen LogP contribution in [-0.4, -0.2) is 35.4 Å². The molecule has 1 heterocycles. The second kappa shape index (κ2) is 5.69. The molecule has 0 aromatic carbocycles. The van der Waals surface area contributed by atoms with Gasteiger partial charge in [-0.1, -0.05) is 6.92 Å². The molecule has 0 saturated carbocycles. The Bertz CT molecular complexity index is 446. The number of carbonyl (C=O) groups is 1. The Morgan fingerprint density at radius 3 is 2.67 bits per heavy atom. The number of carbonyl (C=O) groups excluding carboxylic acids is 1. The highest BCUT2D eigenvalue weighted by molar-refractivity contribution is 9.10. The Balaban J connectivity index is 3.14. The molecular weight excluding hydrogens is 294 g/mol. The topological polar surface area (TPSA) is 45.2 Å². The monoisotopic (exact) mass is 313 g/mol. The largest absolute Gasteiger partial charge is 0.372 e. The van der Waals surface area contributed by atoms with E-state index in [0.717, 1.165) is 10.9 Å². The van der Waals surface area contributed by atoms with Gasteiger partial charge in [-0.3, -0.25) is 4.79 Å². The van der Waals surface area contributed by atoms with Crippen LogP contribution in [0.25, 0.3) is 0 Å². The van der Waals surface area contributed by atoms with E-state index in [1.165, 1.54) is 0 Å². The predicted molar refractivity (Wildman–Crippen MR) is 77.9 cm³/mol. The number of rotatable bonds is 4. The van der Waals surface area contributed by atoms with E-state index in [4.69, 9.17) is 0 Å². The van der Waals surface area contributed by atoms with Crippen molar-refractivity contribution in [3.63, 3.8) is 0 Å². The summed E-state index contributed by atoms with van der Waals surface area (Å²) < 4.78 is 0.799. The average Bonchev–Trinajstić information content (AvgIpc) is 2.36. The maximum Gasteiger partial charge on any atom is 0.257 e. The van der Waals surface area contributed by atoms with Crippen LogP contribution in [-0.2, 0) is 0 Å². The Morgan fingerprint density at radius 1 is 1.56 bits per heavy atom. The normalized spacial score (nSPS) is 11.2. The highest BCUT2D eigenvalue weighted by atomic mass is 79.9. The molecule has 1 aromatic heterocycles. The fraction of sp³-hybridized carbons (Fsp3) is 0.538. The SMILES string of the molecule is CCC(C)(C)N(C)C(=O)c1cc(Br)cnc1NC. The fourth-order valence-corrected chi connectivity index (χ4v) is 1.83. The van der Waals surface area contributed by atoms with Crippen molar-refractivity contribution >= 4 is 27.7 Å². The van der Waals surface area contributed by atoms with Crippen molar-refractivity contribution < 1.29 is 4.79 Å². The van der Waals surface area contributed by atoms with Gasteiger partial charge in [0.25, 0.3) is 5.91 Å². The molecule has 100 valence electrons. The Hall–Kier alpha value is -1.10. The summed E-state index contributed by atoms with van der Waals surface area (Å²) in [7, 11) is 3.59. The summed E-state index contributed by atoms with van der Waals surface area (Å²) in [5, 5.41) is 2.95. The van der Waals surface area contributed by atoms with Crippen LogP contribution in [0.3, 0.4) is 0 Å². The number of nitrogens with zero attached hydrogens (tertiary/aromatic N) is 2. The molecule has 1 rings (SSSR count). The first-order chi connectivity index (χ1) is 8.33. The van der Waals surface area contributed by atoms with Gasteiger partial charge in [-0.25, -0.2) is 4.98 Å². The van der Waals surface area contributed by atoms with Crippen molar-refractivity contribution in [1.29, 1.82) is 0 Å². The van der Waals surface area contributed by atoms with Gasteiger partial charge in [0.1, 0.15) is 5.82 Å². The average molecular weight is 314 g/mol. The molecule has 1 amide bonds. The molecule has 4 nitrogen and oxygen atoms in total. The standard InChI is InChI=1S/C13H20BrN3O/c1-6-13(2,3)17(5)12(18)10-7-9(14)8-16-11(10)15-4/h7-8H,6H2,1-5H3,(H,15,16). The van der Waals surface area contributed by atoms with E-state index in [1.807, 2.05) is 7.05 Å². The number of halogens is 1. The molecule has 1 aromatic rings. The molecule has 0 fully saturated rings. The molecule has 0 bridgehead atoms. The summed E-state index contributed by atoms with van der Waals surface area (Å²) in [6, 6.07) is 1.80. The molecule has 0 spiro atoms. The van der Waals surface area contributed by atoms with Gasteiger partial charge in [0, 0.05) is 30.3 Å². The van der Waals surface area contributed by atoms with E-state index < -0.39 is 0 Å². The Labute approximate surface area is 117 Å². The lowest BCUT2D eigenvalue weighted by molar-refractivity contribution is 0.0621. The van der Waals surface area contributed by atoms with Gasteiger partial charge in [-0.2, -0.15) is 0 Å². The van der Waals surface area contributed by atoms with Gasteiger partial charge in [0.2, 0.25) is 0 Å². The van der Waals surface area contributed by atoms with Crippen LogP contribution in [0.15, 0.2) is 16.7 Å². The Kier molecular flexibility index (Phi) is 4.73. The van der Waals surface area contributed by atoms with Crippen LogP contribution >= 0.6 is 15.9 Å². The van der Waals surface area contributed by atoms with Crippen molar-refractivity contribution in [2.75, 3.05) is 19.4 Å². The predicted octanol–water partition coefficient (Wildman–Crippen LogP) is 3.15. The number of hydrogen-bond donors (Lipinski definition) is 1. The molecule has 0 aliphatic rings. The molecule has 1 N–H and O–H groups in total. The first kappa shape index (κ1) is 15.0. The lowest BCUT2D eigenvalue weighted by atomic mass is 9.99. The van der Waals surface area contributed by atoms with Crippen molar-refractivity contribution in [3.8, 4) is 0 Å². The third kappa shape index (κ3) is 3.02. The summed E-state index contributed by atoms with van der Waals surface area (Å²) >= 11 is 3.35. The molecule has 0 atom stereocenters. The zero-order valence-corrected chi connectivity index (χ0v) is 13.1. The first-order valence-electron chi connectivity index (χ1n) is 5.95. The van der Waals surface area contributed by atoms with Crippen LogP contribution in [0.4, 0.5) is 5.82 Å². The lowest BCUT2D eigenvalue weighted by Gasteiger charge is -2.35. The molecule has 0 radical (unpaired) electrons. The van der Waals surface area contributed by atoms with Gasteiger partial charge >= 0.3 is 0 Å². The molecule has 0 saturated heterocycles. The van der Waals surface area contributed by atoms with Gasteiger partial charge < -0.3 is 10.2 Å². The van der Waals surface area contributed by atoms with Crippen molar-refractivity contribution in [2.45, 2.75) is 32.7 Å². The number of hydrogen-bond acceptors (Lipinski definition) is 3. The third-order valence-corrected chi connectivity index (χ3v) is 3.83. The fourth-order valence-electron chi connectivity index (χ4n) is 1.49. The summed E-state index contributed by atoms with van der Waals surface area (Å²) in [5.74, 6) is 0.571. The summed E-state index contributed by atoms with van der Waals surface area (Å²) in [5.41, 5.74) is 0.403. The van der Waals surface area contributed by atoms with Gasteiger partial charge in [0.05, 0.1) is 5.56 Å². The van der Waals surface area contributed by atoms with Crippen LogP contribution in [0, 0.1) is 0 Å². The van der Waals surface area contributed by atoms with E-state index in [-0.39, 0.29) is 11.4 Å². The van der Waals surface area contributed by atoms with Gasteiger partial charge in [0.15, 0.2) is 0 Å². The number of aromatic nitrogens is 1. The second-order valence-electron chi connectivity index (χ2n) is 4.83.